The average molecular weight is 340 g/mol. The molecule has 134 valence electrons. The monoisotopic (exact) mass is 340 g/mol. The minimum absolute atomic E-state index is 0.339. The Kier molecular flexibility index (Phi) is 6.31. The fourth-order valence-corrected chi connectivity index (χ4v) is 3.23. The maximum atomic E-state index is 10.3. The Morgan fingerprint density at radius 1 is 1.00 bits per heavy atom. The van der Waals surface area contributed by atoms with E-state index >= 15 is 0 Å². The third-order valence-electron chi connectivity index (χ3n) is 4.71. The lowest BCUT2D eigenvalue weighted by atomic mass is 10.2. The Bertz CT molecular complexity index is 639. The van der Waals surface area contributed by atoms with E-state index in [1.165, 1.54) is 11.3 Å². The number of piperazine rings is 1. The fraction of sp³-hybridized carbons (Fsp3) is 0.429. The normalized spacial score (nSPS) is 16.6. The van der Waals surface area contributed by atoms with Crippen molar-refractivity contribution < 1.29 is 9.84 Å². The van der Waals surface area contributed by atoms with Crippen molar-refractivity contribution in [1.29, 1.82) is 0 Å². The Balaban J connectivity index is 1.41. The van der Waals surface area contributed by atoms with Crippen LogP contribution in [-0.4, -0.2) is 55.4 Å². The highest BCUT2D eigenvalue weighted by Gasteiger charge is 2.19. The van der Waals surface area contributed by atoms with Crippen LogP contribution >= 0.6 is 0 Å². The minimum atomic E-state index is -0.464. The number of hydrogen-bond acceptors (Lipinski definition) is 4. The lowest BCUT2D eigenvalue weighted by Gasteiger charge is -2.36. The van der Waals surface area contributed by atoms with Crippen LogP contribution in [0.1, 0.15) is 12.5 Å². The van der Waals surface area contributed by atoms with Crippen molar-refractivity contribution in [2.24, 2.45) is 0 Å². The quantitative estimate of drug-likeness (QED) is 0.841. The minimum Gasteiger partial charge on any atom is -0.491 e. The van der Waals surface area contributed by atoms with Gasteiger partial charge >= 0.3 is 0 Å². The molecule has 0 spiro atoms. The van der Waals surface area contributed by atoms with E-state index in [9.17, 15) is 5.11 Å². The number of nitrogens with zero attached hydrogens (tertiary/aromatic N) is 2. The van der Waals surface area contributed by atoms with Gasteiger partial charge in [-0.1, -0.05) is 37.3 Å². The molecule has 0 aromatic heterocycles. The Hall–Kier alpha value is -2.04. The lowest BCUT2D eigenvalue weighted by Crippen LogP contribution is -2.49. The summed E-state index contributed by atoms with van der Waals surface area (Å²) in [5.74, 6) is 0.840. The summed E-state index contributed by atoms with van der Waals surface area (Å²) in [7, 11) is 0. The van der Waals surface area contributed by atoms with Gasteiger partial charge in [0.2, 0.25) is 0 Å². The van der Waals surface area contributed by atoms with Crippen molar-refractivity contribution in [2.45, 2.75) is 19.4 Å². The van der Waals surface area contributed by atoms with Crippen LogP contribution in [0.15, 0.2) is 54.6 Å². The molecule has 0 bridgehead atoms. The van der Waals surface area contributed by atoms with Gasteiger partial charge in [0.05, 0.1) is 0 Å². The summed E-state index contributed by atoms with van der Waals surface area (Å²) in [6.07, 6.45) is 0.527. The molecule has 4 nitrogen and oxygen atoms in total. The topological polar surface area (TPSA) is 35.9 Å². The lowest BCUT2D eigenvalue weighted by molar-refractivity contribution is 0.0663. The summed E-state index contributed by atoms with van der Waals surface area (Å²) < 4.78 is 5.76. The number of benzene rings is 2. The first kappa shape index (κ1) is 17.8. The largest absolute Gasteiger partial charge is 0.491 e. The number of anilines is 1. The number of ether oxygens (including phenoxy) is 1. The number of aliphatic hydroxyl groups is 1. The summed E-state index contributed by atoms with van der Waals surface area (Å²) in [4.78, 5) is 4.71. The first-order chi connectivity index (χ1) is 12.2. The zero-order valence-electron chi connectivity index (χ0n) is 15.0. The van der Waals surface area contributed by atoms with Crippen LogP contribution in [0.5, 0.6) is 5.75 Å². The van der Waals surface area contributed by atoms with E-state index in [0.717, 1.165) is 38.3 Å². The second-order valence-corrected chi connectivity index (χ2v) is 6.59. The zero-order chi connectivity index (χ0) is 17.5. The van der Waals surface area contributed by atoms with Crippen molar-refractivity contribution >= 4 is 5.69 Å². The molecule has 25 heavy (non-hydrogen) atoms. The molecule has 1 aliphatic heterocycles. The van der Waals surface area contributed by atoms with Gasteiger partial charge in [-0.25, -0.2) is 0 Å². The predicted molar refractivity (Wildman–Crippen MR) is 102 cm³/mol. The fourth-order valence-electron chi connectivity index (χ4n) is 3.23. The highest BCUT2D eigenvalue weighted by Crippen LogP contribution is 2.16. The first-order valence-corrected chi connectivity index (χ1v) is 9.16. The van der Waals surface area contributed by atoms with Gasteiger partial charge in [0.15, 0.2) is 0 Å². The van der Waals surface area contributed by atoms with Crippen molar-refractivity contribution in [3.63, 3.8) is 0 Å². The van der Waals surface area contributed by atoms with Gasteiger partial charge in [-0.2, -0.15) is 0 Å². The molecule has 1 fully saturated rings. The molecule has 0 aliphatic carbocycles. The molecular weight excluding hydrogens is 312 g/mol. The van der Waals surface area contributed by atoms with E-state index in [2.05, 4.69) is 47.1 Å². The van der Waals surface area contributed by atoms with Gasteiger partial charge in [0, 0.05) is 38.4 Å². The first-order valence-electron chi connectivity index (χ1n) is 9.16. The van der Waals surface area contributed by atoms with Crippen LogP contribution in [-0.2, 0) is 6.42 Å². The average Bonchev–Trinajstić information content (AvgIpc) is 2.68. The third-order valence-corrected chi connectivity index (χ3v) is 4.71. The molecule has 2 aromatic carbocycles. The molecule has 0 amide bonds. The number of β-amino-alcohol motifs (C(OH)–C–C–N with tert-alkyl or cyclic N) is 1. The van der Waals surface area contributed by atoms with Gasteiger partial charge in [-0.05, 0) is 36.2 Å². The number of aryl methyl sites for hydroxylation is 1. The van der Waals surface area contributed by atoms with Crippen LogP contribution in [0, 0.1) is 0 Å². The van der Waals surface area contributed by atoms with Crippen LogP contribution in [0.4, 0.5) is 5.69 Å². The second kappa shape index (κ2) is 8.88. The maximum absolute atomic E-state index is 10.3. The summed E-state index contributed by atoms with van der Waals surface area (Å²) in [6.45, 7) is 7.06. The van der Waals surface area contributed by atoms with Crippen molar-refractivity contribution in [1.82, 2.24) is 4.90 Å². The highest BCUT2D eigenvalue weighted by atomic mass is 16.5. The summed E-state index contributed by atoms with van der Waals surface area (Å²) in [6, 6.07) is 18.6. The van der Waals surface area contributed by atoms with Crippen LogP contribution < -0.4 is 9.64 Å². The molecule has 0 radical (unpaired) electrons. The molecular formula is C21H28N2O2. The summed E-state index contributed by atoms with van der Waals surface area (Å²) in [5, 5.41) is 10.3. The van der Waals surface area contributed by atoms with E-state index in [1.807, 2.05) is 24.3 Å². The van der Waals surface area contributed by atoms with E-state index < -0.39 is 6.10 Å². The number of rotatable bonds is 7. The second-order valence-electron chi connectivity index (χ2n) is 6.59. The molecule has 1 saturated heterocycles. The zero-order valence-corrected chi connectivity index (χ0v) is 15.0. The van der Waals surface area contributed by atoms with E-state index in [-0.39, 0.29) is 0 Å². The standard InChI is InChI=1S/C21H28N2O2/c1-2-18-7-6-10-21(15-18)25-17-20(24)16-22-11-13-23(14-12-22)19-8-4-3-5-9-19/h3-10,15,20,24H,2,11-14,16-17H2,1H3. The highest BCUT2D eigenvalue weighted by molar-refractivity contribution is 5.46. The molecule has 1 heterocycles. The SMILES string of the molecule is CCc1cccc(OCC(O)CN2CCN(c3ccccc3)CC2)c1. The molecule has 1 atom stereocenters. The molecule has 2 aromatic rings. The van der Waals surface area contributed by atoms with Gasteiger partial charge < -0.3 is 14.7 Å². The van der Waals surface area contributed by atoms with E-state index in [0.29, 0.717) is 13.2 Å². The Labute approximate surface area is 150 Å². The molecule has 1 N–H and O–H groups in total. The van der Waals surface area contributed by atoms with E-state index in [1.54, 1.807) is 0 Å². The van der Waals surface area contributed by atoms with Crippen molar-refractivity contribution in [3.8, 4) is 5.75 Å². The predicted octanol–water partition coefficient (Wildman–Crippen LogP) is 2.81. The van der Waals surface area contributed by atoms with Gasteiger partial charge in [-0.15, -0.1) is 0 Å². The van der Waals surface area contributed by atoms with Crippen LogP contribution in [0.25, 0.3) is 0 Å². The number of para-hydroxylation sites is 1. The molecule has 0 saturated carbocycles. The third kappa shape index (κ3) is 5.21. The molecule has 1 unspecified atom stereocenters. The van der Waals surface area contributed by atoms with Gasteiger partial charge in [-0.3, -0.25) is 4.90 Å². The number of hydrogen-bond donors (Lipinski definition) is 1. The van der Waals surface area contributed by atoms with Crippen molar-refractivity contribution in [3.05, 3.63) is 60.2 Å². The van der Waals surface area contributed by atoms with Crippen molar-refractivity contribution in [2.75, 3.05) is 44.2 Å². The molecule has 3 rings (SSSR count). The van der Waals surface area contributed by atoms with Crippen LogP contribution in [0.2, 0.25) is 0 Å². The van der Waals surface area contributed by atoms with E-state index in [4.69, 9.17) is 4.74 Å². The van der Waals surface area contributed by atoms with Crippen LogP contribution in [0.3, 0.4) is 0 Å². The van der Waals surface area contributed by atoms with Gasteiger partial charge in [0.25, 0.3) is 0 Å². The summed E-state index contributed by atoms with van der Waals surface area (Å²) in [5.41, 5.74) is 2.53. The number of aliphatic hydroxyl groups excluding tert-OH is 1. The Morgan fingerprint density at radius 3 is 2.48 bits per heavy atom. The van der Waals surface area contributed by atoms with Gasteiger partial charge in [0.1, 0.15) is 18.5 Å². The molecule has 1 aliphatic rings. The molecule has 4 heteroatoms. The summed E-state index contributed by atoms with van der Waals surface area (Å²) >= 11 is 0. The Morgan fingerprint density at radius 2 is 1.76 bits per heavy atom. The smallest absolute Gasteiger partial charge is 0.119 e. The maximum Gasteiger partial charge on any atom is 0.119 e.